The molecule has 2 aromatic heterocycles. The van der Waals surface area contributed by atoms with Gasteiger partial charge in [-0.1, -0.05) is 18.2 Å². The van der Waals surface area contributed by atoms with Crippen molar-refractivity contribution in [2.24, 2.45) is 0 Å². The van der Waals surface area contributed by atoms with Gasteiger partial charge in [-0.25, -0.2) is 4.98 Å². The smallest absolute Gasteiger partial charge is 0.301 e. The molecule has 0 unspecified atom stereocenters. The maximum absolute atomic E-state index is 11.8. The second-order valence-corrected chi connectivity index (χ2v) is 4.26. The molecule has 0 spiro atoms. The first-order chi connectivity index (χ1) is 10.7. The van der Waals surface area contributed by atoms with Crippen molar-refractivity contribution in [3.8, 4) is 11.7 Å². The lowest BCUT2D eigenvalue weighted by Crippen LogP contribution is -1.99. The molecule has 0 radical (unpaired) electrons. The first-order valence-electron chi connectivity index (χ1n) is 6.35. The Morgan fingerprint density at radius 3 is 2.82 bits per heavy atom. The molecule has 3 rings (SSSR count). The number of allylic oxidation sites excluding steroid dienone is 1. The standard InChI is InChI=1S/C15H11N3O4/c19-12(8-13(20)14-16-9-17-18-14)11-6-7-21-15(11)22-10-4-2-1-3-5-10/h1-9,19H,(H,16,17,18). The lowest BCUT2D eigenvalue weighted by Gasteiger charge is -2.04. The zero-order valence-electron chi connectivity index (χ0n) is 11.3. The fourth-order valence-corrected chi connectivity index (χ4v) is 1.75. The lowest BCUT2D eigenvalue weighted by atomic mass is 10.2. The summed E-state index contributed by atoms with van der Waals surface area (Å²) < 4.78 is 10.7. The molecule has 0 bridgehead atoms. The Balaban J connectivity index is 1.83. The van der Waals surface area contributed by atoms with Gasteiger partial charge in [0.25, 0.3) is 0 Å². The highest BCUT2D eigenvalue weighted by Gasteiger charge is 2.15. The topological polar surface area (TPSA) is 101 Å². The van der Waals surface area contributed by atoms with Gasteiger partial charge in [0.2, 0.25) is 5.78 Å². The van der Waals surface area contributed by atoms with E-state index in [9.17, 15) is 9.90 Å². The van der Waals surface area contributed by atoms with Crippen molar-refractivity contribution in [3.63, 3.8) is 0 Å². The van der Waals surface area contributed by atoms with Gasteiger partial charge in [-0.2, -0.15) is 5.10 Å². The minimum absolute atomic E-state index is 0.0283. The van der Waals surface area contributed by atoms with Crippen molar-refractivity contribution >= 4 is 11.5 Å². The van der Waals surface area contributed by atoms with E-state index in [4.69, 9.17) is 9.15 Å². The van der Waals surface area contributed by atoms with Crippen LogP contribution in [0.2, 0.25) is 0 Å². The van der Waals surface area contributed by atoms with Crippen LogP contribution >= 0.6 is 0 Å². The van der Waals surface area contributed by atoms with Crippen molar-refractivity contribution in [2.45, 2.75) is 0 Å². The van der Waals surface area contributed by atoms with Crippen LogP contribution in [0.15, 0.2) is 59.5 Å². The van der Waals surface area contributed by atoms with Gasteiger partial charge in [0.1, 0.15) is 23.4 Å². The first kappa shape index (κ1) is 13.6. The highest BCUT2D eigenvalue weighted by atomic mass is 16.6. The molecule has 2 N–H and O–H groups in total. The number of ether oxygens (including phenoxy) is 1. The van der Waals surface area contributed by atoms with Gasteiger partial charge in [-0.15, -0.1) is 0 Å². The van der Waals surface area contributed by atoms with Gasteiger partial charge in [-0.05, 0) is 18.2 Å². The number of carbonyl (C=O) groups is 1. The highest BCUT2D eigenvalue weighted by Crippen LogP contribution is 2.30. The SMILES string of the molecule is O=C(C=C(O)c1ccoc1Oc1ccccc1)c1ncn[nH]1. The zero-order valence-corrected chi connectivity index (χ0v) is 11.3. The number of H-pyrrole nitrogens is 1. The van der Waals surface area contributed by atoms with Crippen LogP contribution in [0.5, 0.6) is 11.7 Å². The molecular weight excluding hydrogens is 286 g/mol. The molecular formula is C15H11N3O4. The number of aromatic amines is 1. The number of rotatable bonds is 5. The minimum atomic E-state index is -0.512. The molecule has 0 aliphatic heterocycles. The first-order valence-corrected chi connectivity index (χ1v) is 6.35. The third-order valence-electron chi connectivity index (χ3n) is 2.78. The number of para-hydroxylation sites is 1. The summed E-state index contributed by atoms with van der Waals surface area (Å²) in [6.45, 7) is 0. The van der Waals surface area contributed by atoms with Crippen LogP contribution in [0.1, 0.15) is 16.2 Å². The summed E-state index contributed by atoms with van der Waals surface area (Å²) >= 11 is 0. The Bertz CT molecular complexity index is 791. The van der Waals surface area contributed by atoms with Crippen molar-refractivity contribution in [3.05, 3.63) is 66.5 Å². The van der Waals surface area contributed by atoms with Crippen LogP contribution in [0, 0.1) is 0 Å². The number of aliphatic hydroxyl groups is 1. The number of ketones is 1. The van der Waals surface area contributed by atoms with E-state index in [1.165, 1.54) is 18.7 Å². The number of benzene rings is 1. The lowest BCUT2D eigenvalue weighted by molar-refractivity contribution is 0.103. The summed E-state index contributed by atoms with van der Waals surface area (Å²) in [6, 6.07) is 10.4. The van der Waals surface area contributed by atoms with Crippen molar-refractivity contribution in [2.75, 3.05) is 0 Å². The summed E-state index contributed by atoms with van der Waals surface area (Å²) in [4.78, 5) is 15.6. The van der Waals surface area contributed by atoms with Crippen LogP contribution in [-0.4, -0.2) is 26.1 Å². The Morgan fingerprint density at radius 1 is 1.27 bits per heavy atom. The maximum atomic E-state index is 11.8. The molecule has 7 nitrogen and oxygen atoms in total. The van der Waals surface area contributed by atoms with Crippen molar-refractivity contribution in [1.29, 1.82) is 0 Å². The summed E-state index contributed by atoms with van der Waals surface area (Å²) in [5.41, 5.74) is 0.261. The Hall–Kier alpha value is -3.35. The number of aromatic nitrogens is 3. The molecule has 1 aromatic carbocycles. The van der Waals surface area contributed by atoms with Crippen LogP contribution < -0.4 is 4.74 Å². The van der Waals surface area contributed by atoms with E-state index in [-0.39, 0.29) is 23.1 Å². The molecule has 110 valence electrons. The van der Waals surface area contributed by atoms with E-state index < -0.39 is 5.78 Å². The summed E-state index contributed by atoms with van der Waals surface area (Å²) in [5, 5.41) is 16.1. The fourth-order valence-electron chi connectivity index (χ4n) is 1.75. The van der Waals surface area contributed by atoms with E-state index in [0.717, 1.165) is 6.08 Å². The van der Waals surface area contributed by atoms with Crippen molar-refractivity contribution in [1.82, 2.24) is 15.2 Å². The van der Waals surface area contributed by atoms with Crippen LogP contribution in [0.25, 0.3) is 5.76 Å². The Kier molecular flexibility index (Phi) is 3.69. The van der Waals surface area contributed by atoms with E-state index in [1.54, 1.807) is 24.3 Å². The molecule has 0 aliphatic carbocycles. The normalized spacial score (nSPS) is 11.4. The van der Waals surface area contributed by atoms with Gasteiger partial charge in [0.15, 0.2) is 5.82 Å². The van der Waals surface area contributed by atoms with E-state index in [1.807, 2.05) is 6.07 Å². The number of hydrogen-bond donors (Lipinski definition) is 2. The number of nitrogens with one attached hydrogen (secondary N) is 1. The predicted octanol–water partition coefficient (Wildman–Crippen LogP) is 2.97. The number of furan rings is 1. The third kappa shape index (κ3) is 2.88. The number of hydrogen-bond acceptors (Lipinski definition) is 6. The molecule has 0 fully saturated rings. The van der Waals surface area contributed by atoms with Gasteiger partial charge < -0.3 is 14.3 Å². The van der Waals surface area contributed by atoms with Gasteiger partial charge in [0.05, 0.1) is 6.26 Å². The van der Waals surface area contributed by atoms with E-state index in [2.05, 4.69) is 15.2 Å². The fraction of sp³-hybridized carbons (Fsp3) is 0. The maximum Gasteiger partial charge on any atom is 0.301 e. The van der Waals surface area contributed by atoms with Crippen LogP contribution in [0.3, 0.4) is 0 Å². The molecule has 7 heteroatoms. The Morgan fingerprint density at radius 2 is 2.09 bits per heavy atom. The van der Waals surface area contributed by atoms with Gasteiger partial charge >= 0.3 is 5.95 Å². The molecule has 0 amide bonds. The number of aliphatic hydroxyl groups excluding tert-OH is 1. The minimum Gasteiger partial charge on any atom is -0.507 e. The van der Waals surface area contributed by atoms with Crippen LogP contribution in [-0.2, 0) is 0 Å². The number of carbonyl (C=O) groups excluding carboxylic acids is 1. The molecule has 0 aliphatic rings. The average Bonchev–Trinajstić information content (AvgIpc) is 3.19. The molecule has 2 heterocycles. The molecule has 22 heavy (non-hydrogen) atoms. The van der Waals surface area contributed by atoms with E-state index in [0.29, 0.717) is 5.75 Å². The second-order valence-electron chi connectivity index (χ2n) is 4.26. The van der Waals surface area contributed by atoms with Crippen molar-refractivity contribution < 1.29 is 19.1 Å². The molecule has 3 aromatic rings. The molecule has 0 saturated heterocycles. The second kappa shape index (κ2) is 5.96. The van der Waals surface area contributed by atoms with E-state index >= 15 is 0 Å². The Labute approximate surface area is 124 Å². The van der Waals surface area contributed by atoms with Gasteiger partial charge in [-0.3, -0.25) is 9.89 Å². The average molecular weight is 297 g/mol. The summed E-state index contributed by atoms with van der Waals surface area (Å²) in [6.07, 6.45) is 3.58. The monoisotopic (exact) mass is 297 g/mol. The van der Waals surface area contributed by atoms with Crippen LogP contribution in [0.4, 0.5) is 0 Å². The quantitative estimate of drug-likeness (QED) is 0.426. The third-order valence-corrected chi connectivity index (χ3v) is 2.78. The van der Waals surface area contributed by atoms with Gasteiger partial charge in [0, 0.05) is 6.08 Å². The summed E-state index contributed by atoms with van der Waals surface area (Å²) in [7, 11) is 0. The molecule has 0 atom stereocenters. The largest absolute Gasteiger partial charge is 0.507 e. The molecule has 0 saturated carbocycles. The number of nitrogens with zero attached hydrogens (tertiary/aromatic N) is 2. The zero-order chi connectivity index (χ0) is 15.4. The highest BCUT2D eigenvalue weighted by molar-refractivity contribution is 6.05. The predicted molar refractivity (Wildman–Crippen MR) is 76.5 cm³/mol. The summed E-state index contributed by atoms with van der Waals surface area (Å²) in [5.74, 6) is -0.137.